The van der Waals surface area contributed by atoms with Gasteiger partial charge in [-0.05, 0) is 34.5 Å². The van der Waals surface area contributed by atoms with Crippen molar-refractivity contribution in [1.82, 2.24) is 9.55 Å². The van der Waals surface area contributed by atoms with Crippen molar-refractivity contribution in [3.8, 4) is 11.3 Å². The van der Waals surface area contributed by atoms with Crippen molar-refractivity contribution in [2.24, 2.45) is 0 Å². The van der Waals surface area contributed by atoms with Gasteiger partial charge in [0.25, 0.3) is 0 Å². The summed E-state index contributed by atoms with van der Waals surface area (Å²) in [6.07, 6.45) is 1.97. The van der Waals surface area contributed by atoms with Crippen molar-refractivity contribution in [3.63, 3.8) is 0 Å². The molecule has 0 spiro atoms. The summed E-state index contributed by atoms with van der Waals surface area (Å²) in [5.74, 6) is -0.202. The summed E-state index contributed by atoms with van der Waals surface area (Å²) in [5, 5.41) is 0. The molecule has 0 radical (unpaired) electrons. The summed E-state index contributed by atoms with van der Waals surface area (Å²) in [6.45, 7) is 0.895. The lowest BCUT2D eigenvalue weighted by Gasteiger charge is -2.02. The summed E-state index contributed by atoms with van der Waals surface area (Å²) in [7, 11) is 0. The maximum atomic E-state index is 13.7. The molecular weight excluding hydrogens is 290 g/mol. The van der Waals surface area contributed by atoms with Crippen LogP contribution in [0.3, 0.4) is 0 Å². The van der Waals surface area contributed by atoms with Crippen LogP contribution in [0.15, 0.2) is 22.8 Å². The fourth-order valence-corrected chi connectivity index (χ4v) is 2.83. The van der Waals surface area contributed by atoms with Crippen molar-refractivity contribution in [2.45, 2.75) is 19.4 Å². The van der Waals surface area contributed by atoms with Crippen LogP contribution in [0.2, 0.25) is 0 Å². The third-order valence-corrected chi connectivity index (χ3v) is 3.76. The first-order valence-corrected chi connectivity index (χ1v) is 6.16. The Bertz CT molecular complexity index is 592. The average molecular weight is 299 g/mol. The number of aromatic nitrogens is 2. The van der Waals surface area contributed by atoms with Crippen LogP contribution in [-0.2, 0) is 13.0 Å². The minimum atomic E-state index is -0.581. The molecule has 0 N–H and O–H groups in total. The number of fused-ring (bicyclic) bond motifs is 1. The van der Waals surface area contributed by atoms with Crippen LogP contribution >= 0.6 is 15.9 Å². The van der Waals surface area contributed by atoms with Crippen molar-refractivity contribution >= 4 is 15.9 Å². The molecule has 0 fully saturated rings. The Balaban J connectivity index is 2.16. The molecule has 2 nitrogen and oxygen atoms in total. The Morgan fingerprint density at radius 3 is 2.82 bits per heavy atom. The SMILES string of the molecule is Fc1ccc(-c2nc3n(c2Br)CCC3)c(F)c1. The molecular formula is C12H9BrF2N2. The van der Waals surface area contributed by atoms with Crippen LogP contribution < -0.4 is 0 Å². The number of benzene rings is 1. The molecule has 2 heterocycles. The lowest BCUT2D eigenvalue weighted by molar-refractivity contribution is 0.585. The van der Waals surface area contributed by atoms with Crippen LogP contribution in [0.1, 0.15) is 12.2 Å². The second-order valence-electron chi connectivity index (χ2n) is 4.05. The fourth-order valence-electron chi connectivity index (χ4n) is 2.14. The standard InChI is InChI=1S/C12H9BrF2N2/c13-12-11(16-10-2-1-5-17(10)12)8-4-3-7(14)6-9(8)15/h3-4,6H,1-2,5H2. The summed E-state index contributed by atoms with van der Waals surface area (Å²) in [5.41, 5.74) is 0.886. The zero-order valence-corrected chi connectivity index (χ0v) is 10.5. The van der Waals surface area contributed by atoms with E-state index >= 15 is 0 Å². The maximum Gasteiger partial charge on any atom is 0.135 e. The van der Waals surface area contributed by atoms with E-state index in [4.69, 9.17) is 0 Å². The predicted octanol–water partition coefficient (Wildman–Crippen LogP) is 3.54. The zero-order valence-electron chi connectivity index (χ0n) is 8.88. The molecule has 2 aromatic rings. The van der Waals surface area contributed by atoms with Crippen LogP contribution in [0.25, 0.3) is 11.3 Å². The Hall–Kier alpha value is -1.23. The number of hydrogen-bond acceptors (Lipinski definition) is 1. The van der Waals surface area contributed by atoms with Gasteiger partial charge in [0.2, 0.25) is 0 Å². The van der Waals surface area contributed by atoms with Gasteiger partial charge < -0.3 is 4.57 Å². The quantitative estimate of drug-likeness (QED) is 0.787. The predicted molar refractivity (Wildman–Crippen MR) is 63.6 cm³/mol. The minimum Gasteiger partial charge on any atom is -0.322 e. The lowest BCUT2D eigenvalue weighted by atomic mass is 10.1. The average Bonchev–Trinajstić information content (AvgIpc) is 2.83. The van der Waals surface area contributed by atoms with Crippen LogP contribution in [0.4, 0.5) is 8.78 Å². The number of halogens is 3. The van der Waals surface area contributed by atoms with E-state index in [1.807, 2.05) is 4.57 Å². The summed E-state index contributed by atoms with van der Waals surface area (Å²) in [4.78, 5) is 4.40. The van der Waals surface area contributed by atoms with Gasteiger partial charge in [-0.15, -0.1) is 0 Å². The molecule has 0 bridgehead atoms. The van der Waals surface area contributed by atoms with Crippen molar-refractivity contribution in [2.75, 3.05) is 0 Å². The molecule has 1 aliphatic heterocycles. The number of nitrogens with zero attached hydrogens (tertiary/aromatic N) is 2. The molecule has 0 unspecified atom stereocenters. The third-order valence-electron chi connectivity index (χ3n) is 2.95. The van der Waals surface area contributed by atoms with Gasteiger partial charge in [0, 0.05) is 24.6 Å². The number of aryl methyl sites for hydroxylation is 1. The highest BCUT2D eigenvalue weighted by molar-refractivity contribution is 9.10. The highest BCUT2D eigenvalue weighted by Crippen LogP contribution is 2.33. The van der Waals surface area contributed by atoms with Gasteiger partial charge in [-0.25, -0.2) is 13.8 Å². The van der Waals surface area contributed by atoms with E-state index in [-0.39, 0.29) is 0 Å². The number of hydrogen-bond donors (Lipinski definition) is 0. The van der Waals surface area contributed by atoms with E-state index in [2.05, 4.69) is 20.9 Å². The van der Waals surface area contributed by atoms with Gasteiger partial charge in [-0.2, -0.15) is 0 Å². The second kappa shape index (κ2) is 3.91. The molecule has 1 aliphatic rings. The Morgan fingerprint density at radius 2 is 2.12 bits per heavy atom. The highest BCUT2D eigenvalue weighted by atomic mass is 79.9. The van der Waals surface area contributed by atoms with E-state index in [1.165, 1.54) is 12.1 Å². The van der Waals surface area contributed by atoms with Gasteiger partial charge in [0.15, 0.2) is 0 Å². The van der Waals surface area contributed by atoms with Crippen LogP contribution in [0.5, 0.6) is 0 Å². The van der Waals surface area contributed by atoms with E-state index in [9.17, 15) is 8.78 Å². The van der Waals surface area contributed by atoms with Crippen LogP contribution in [-0.4, -0.2) is 9.55 Å². The topological polar surface area (TPSA) is 17.8 Å². The zero-order chi connectivity index (χ0) is 12.0. The third kappa shape index (κ3) is 1.69. The minimum absolute atomic E-state index is 0.333. The summed E-state index contributed by atoms with van der Waals surface area (Å²) >= 11 is 3.43. The number of rotatable bonds is 1. The highest BCUT2D eigenvalue weighted by Gasteiger charge is 2.22. The van der Waals surface area contributed by atoms with Crippen molar-refractivity contribution < 1.29 is 8.78 Å². The molecule has 0 atom stereocenters. The summed E-state index contributed by atoms with van der Waals surface area (Å²) < 4.78 is 29.3. The monoisotopic (exact) mass is 298 g/mol. The summed E-state index contributed by atoms with van der Waals surface area (Å²) in [6, 6.07) is 3.55. The van der Waals surface area contributed by atoms with Gasteiger partial charge in [-0.3, -0.25) is 0 Å². The van der Waals surface area contributed by atoms with E-state index < -0.39 is 11.6 Å². The normalized spacial score (nSPS) is 14.1. The molecule has 17 heavy (non-hydrogen) atoms. The van der Waals surface area contributed by atoms with Gasteiger partial charge in [-0.1, -0.05) is 0 Å². The molecule has 0 saturated carbocycles. The van der Waals surface area contributed by atoms with Gasteiger partial charge in [0.1, 0.15) is 27.8 Å². The fraction of sp³-hybridized carbons (Fsp3) is 0.250. The van der Waals surface area contributed by atoms with Gasteiger partial charge >= 0.3 is 0 Å². The molecule has 3 rings (SSSR count). The molecule has 0 aliphatic carbocycles. The van der Waals surface area contributed by atoms with Gasteiger partial charge in [0.05, 0.1) is 0 Å². The molecule has 5 heteroatoms. The maximum absolute atomic E-state index is 13.7. The molecule has 0 saturated heterocycles. The van der Waals surface area contributed by atoms with E-state index in [0.717, 1.165) is 35.9 Å². The molecule has 1 aromatic carbocycles. The Kier molecular flexibility index (Phi) is 2.50. The van der Waals surface area contributed by atoms with E-state index in [1.54, 1.807) is 0 Å². The lowest BCUT2D eigenvalue weighted by Crippen LogP contribution is -1.92. The Morgan fingerprint density at radius 1 is 1.29 bits per heavy atom. The number of imidazole rings is 1. The first-order chi connectivity index (χ1) is 8.16. The molecule has 1 aromatic heterocycles. The first-order valence-electron chi connectivity index (χ1n) is 5.37. The second-order valence-corrected chi connectivity index (χ2v) is 4.80. The smallest absolute Gasteiger partial charge is 0.135 e. The van der Waals surface area contributed by atoms with E-state index in [0.29, 0.717) is 11.3 Å². The van der Waals surface area contributed by atoms with Crippen molar-refractivity contribution in [3.05, 3.63) is 40.3 Å². The molecule has 0 amide bonds. The van der Waals surface area contributed by atoms with Crippen LogP contribution in [0, 0.1) is 11.6 Å². The Labute approximate surface area is 105 Å². The molecule has 88 valence electrons. The van der Waals surface area contributed by atoms with Crippen molar-refractivity contribution in [1.29, 1.82) is 0 Å². The largest absolute Gasteiger partial charge is 0.322 e. The first kappa shape index (κ1) is 10.9.